The molecule has 8 nitrogen and oxygen atoms in total. The van der Waals surface area contributed by atoms with Crippen molar-refractivity contribution in [2.24, 2.45) is 5.73 Å². The third-order valence-corrected chi connectivity index (χ3v) is 4.53. The number of fused-ring (bicyclic) bond motifs is 1. The van der Waals surface area contributed by atoms with Gasteiger partial charge in [-0.3, -0.25) is 20.1 Å². The van der Waals surface area contributed by atoms with Crippen molar-refractivity contribution >= 4 is 43.4 Å². The molecule has 5 N–H and O–H groups in total. The summed E-state index contributed by atoms with van der Waals surface area (Å²) >= 11 is 1.36. The van der Waals surface area contributed by atoms with E-state index in [0.29, 0.717) is 11.1 Å². The topological polar surface area (TPSA) is 143 Å². The highest BCUT2D eigenvalue weighted by molar-refractivity contribution is 7.85. The molecule has 0 saturated carbocycles. The lowest BCUT2D eigenvalue weighted by molar-refractivity contribution is 0.0980. The Morgan fingerprint density at radius 3 is 2.39 bits per heavy atom. The molecule has 2 aromatic carbocycles. The maximum absolute atomic E-state index is 12.0. The van der Waals surface area contributed by atoms with E-state index in [-0.39, 0.29) is 11.9 Å². The fourth-order valence-corrected chi connectivity index (χ4v) is 3.44. The number of rotatable bonds is 3. The molecule has 0 bridgehead atoms. The Kier molecular flexibility index (Phi) is 6.73. The first-order chi connectivity index (χ1) is 13.1. The van der Waals surface area contributed by atoms with E-state index in [2.05, 4.69) is 5.32 Å². The summed E-state index contributed by atoms with van der Waals surface area (Å²) in [6.45, 7) is 0. The molecule has 28 heavy (non-hydrogen) atoms. The maximum atomic E-state index is 12.0. The lowest BCUT2D eigenvalue weighted by Gasteiger charge is -2.09. The highest BCUT2D eigenvalue weighted by Gasteiger charge is 2.15. The van der Waals surface area contributed by atoms with E-state index in [0.717, 1.165) is 27.0 Å². The Morgan fingerprint density at radius 1 is 1.18 bits per heavy atom. The summed E-state index contributed by atoms with van der Waals surface area (Å²) < 4.78 is 32.3. The first-order valence-corrected chi connectivity index (χ1v) is 10.5. The number of carbonyl (C=O) groups excluding carboxylic acids is 1. The smallest absolute Gasteiger partial charge is 0.268 e. The van der Waals surface area contributed by atoms with Gasteiger partial charge in [-0.1, -0.05) is 30.3 Å². The normalized spacial score (nSPS) is 10.7. The van der Waals surface area contributed by atoms with E-state index in [1.165, 1.54) is 11.3 Å². The second kappa shape index (κ2) is 8.83. The van der Waals surface area contributed by atoms with Crippen molar-refractivity contribution in [3.8, 4) is 16.9 Å². The van der Waals surface area contributed by atoms with Crippen molar-refractivity contribution in [1.82, 2.24) is 5.32 Å². The monoisotopic (exact) mass is 421 g/mol. The zero-order valence-corrected chi connectivity index (χ0v) is 16.7. The van der Waals surface area contributed by atoms with Gasteiger partial charge >= 0.3 is 0 Å². The quantitative estimate of drug-likeness (QED) is 0.291. The number of para-hydroxylation sites is 1. The van der Waals surface area contributed by atoms with Gasteiger partial charge in [-0.05, 0) is 23.8 Å². The molecule has 0 saturated heterocycles. The van der Waals surface area contributed by atoms with Gasteiger partial charge in [0.2, 0.25) is 0 Å². The summed E-state index contributed by atoms with van der Waals surface area (Å²) in [7, 11) is -2.03. The van der Waals surface area contributed by atoms with Crippen molar-refractivity contribution < 1.29 is 22.5 Å². The summed E-state index contributed by atoms with van der Waals surface area (Å²) in [6, 6.07) is 15.5. The molecular weight excluding hydrogens is 402 g/mol. The largest absolute Gasteiger partial charge is 0.496 e. The summed E-state index contributed by atoms with van der Waals surface area (Å²) in [5, 5.41) is 10.5. The van der Waals surface area contributed by atoms with Gasteiger partial charge < -0.3 is 10.5 Å². The van der Waals surface area contributed by atoms with Crippen LogP contribution in [0.1, 0.15) is 9.67 Å². The van der Waals surface area contributed by atoms with Crippen LogP contribution in [-0.2, 0) is 10.1 Å². The fourth-order valence-electron chi connectivity index (χ4n) is 2.46. The minimum Gasteiger partial charge on any atom is -0.496 e. The molecule has 0 spiro atoms. The van der Waals surface area contributed by atoms with Crippen molar-refractivity contribution in [1.29, 1.82) is 5.41 Å². The van der Waals surface area contributed by atoms with Gasteiger partial charge in [0.1, 0.15) is 5.75 Å². The van der Waals surface area contributed by atoms with E-state index in [1.807, 2.05) is 48.5 Å². The summed E-state index contributed by atoms with van der Waals surface area (Å²) in [5.74, 6) is 0.0445. The molecular formula is C18H19N3O5S2. The van der Waals surface area contributed by atoms with Crippen LogP contribution in [0.25, 0.3) is 21.2 Å². The number of guanidine groups is 1. The minimum absolute atomic E-state index is 0.364. The number of hydrogen-bond donors (Lipinski definition) is 4. The minimum atomic E-state index is -3.67. The van der Waals surface area contributed by atoms with Crippen LogP contribution >= 0.6 is 11.3 Å². The molecule has 3 aromatic rings. The highest BCUT2D eigenvalue weighted by Crippen LogP contribution is 2.38. The van der Waals surface area contributed by atoms with E-state index in [9.17, 15) is 13.2 Å². The molecule has 0 unspecified atom stereocenters. The molecule has 3 rings (SSSR count). The zero-order chi connectivity index (χ0) is 20.9. The van der Waals surface area contributed by atoms with Gasteiger partial charge in [-0.25, -0.2) is 0 Å². The highest BCUT2D eigenvalue weighted by atomic mass is 32.2. The van der Waals surface area contributed by atoms with E-state index in [4.69, 9.17) is 20.4 Å². The first kappa shape index (κ1) is 21.4. The Hall–Kier alpha value is -2.95. The van der Waals surface area contributed by atoms with Gasteiger partial charge in [0, 0.05) is 15.6 Å². The predicted molar refractivity (Wildman–Crippen MR) is 111 cm³/mol. The second-order valence-corrected chi connectivity index (χ2v) is 8.18. The van der Waals surface area contributed by atoms with Crippen molar-refractivity contribution in [2.45, 2.75) is 0 Å². The van der Waals surface area contributed by atoms with Crippen LogP contribution in [0.3, 0.4) is 0 Å². The van der Waals surface area contributed by atoms with Crippen molar-refractivity contribution in [3.05, 3.63) is 53.4 Å². The number of nitrogens with two attached hydrogens (primary N) is 1. The Balaban J connectivity index is 0.000000500. The van der Waals surface area contributed by atoms with E-state index >= 15 is 0 Å². The van der Waals surface area contributed by atoms with E-state index in [1.54, 1.807) is 7.11 Å². The predicted octanol–water partition coefficient (Wildman–Crippen LogP) is 2.70. The molecule has 0 aliphatic heterocycles. The number of thiophene rings is 1. The van der Waals surface area contributed by atoms with Crippen LogP contribution in [0.4, 0.5) is 0 Å². The van der Waals surface area contributed by atoms with Crippen molar-refractivity contribution in [2.75, 3.05) is 13.4 Å². The summed E-state index contributed by atoms with van der Waals surface area (Å²) in [6.07, 6.45) is 0.715. The Labute approximate surface area is 166 Å². The van der Waals surface area contributed by atoms with Crippen molar-refractivity contribution in [3.63, 3.8) is 0 Å². The molecule has 0 atom stereocenters. The lowest BCUT2D eigenvalue weighted by atomic mass is 10.0. The number of hydrogen-bond acceptors (Lipinski definition) is 6. The molecule has 1 heterocycles. The van der Waals surface area contributed by atoms with Crippen LogP contribution in [-0.4, -0.2) is 38.2 Å². The average molecular weight is 422 g/mol. The zero-order valence-electron chi connectivity index (χ0n) is 15.1. The Morgan fingerprint density at radius 2 is 1.79 bits per heavy atom. The molecule has 0 aliphatic rings. The Bertz CT molecular complexity index is 1120. The third kappa shape index (κ3) is 5.78. The molecule has 0 aliphatic carbocycles. The molecule has 0 fully saturated rings. The first-order valence-electron chi connectivity index (χ1n) is 7.84. The van der Waals surface area contributed by atoms with Gasteiger partial charge in [-0.15, -0.1) is 11.3 Å². The average Bonchev–Trinajstić information content (AvgIpc) is 3.04. The summed E-state index contributed by atoms with van der Waals surface area (Å²) in [5.41, 5.74) is 7.19. The van der Waals surface area contributed by atoms with Crippen LogP contribution in [0.15, 0.2) is 48.5 Å². The standard InChI is InChI=1S/C17H15N3O2S.CH4O3S/c1-22-13-7-3-2-5-11(13)10-6-4-8-14-12(10)9-15(23-14)16(21)20-17(18)19;1-5(2,3)4/h2-9H,1H3,(H4,18,19,20,21);1H3,(H,2,3,4). The molecule has 148 valence electrons. The van der Waals surface area contributed by atoms with Gasteiger partial charge in [0.15, 0.2) is 5.96 Å². The molecule has 1 amide bonds. The molecule has 1 aromatic heterocycles. The fraction of sp³-hybridized carbons (Fsp3) is 0.111. The number of carbonyl (C=O) groups is 1. The SMILES string of the molecule is COc1ccccc1-c1cccc2sc(C(=O)NC(=N)N)cc12.CS(=O)(=O)O. The van der Waals surface area contributed by atoms with Crippen LogP contribution < -0.4 is 15.8 Å². The maximum Gasteiger partial charge on any atom is 0.268 e. The third-order valence-electron chi connectivity index (χ3n) is 3.43. The molecule has 10 heteroatoms. The second-order valence-electron chi connectivity index (χ2n) is 5.63. The van der Waals surface area contributed by atoms with Gasteiger partial charge in [0.25, 0.3) is 16.0 Å². The lowest BCUT2D eigenvalue weighted by Crippen LogP contribution is -2.35. The van der Waals surface area contributed by atoms with Gasteiger partial charge in [-0.2, -0.15) is 8.42 Å². The van der Waals surface area contributed by atoms with Gasteiger partial charge in [0.05, 0.1) is 18.2 Å². The number of benzene rings is 2. The summed E-state index contributed by atoms with van der Waals surface area (Å²) in [4.78, 5) is 12.6. The molecule has 0 radical (unpaired) electrons. The number of nitrogens with one attached hydrogen (secondary N) is 2. The number of amides is 1. The number of ether oxygens (including phenoxy) is 1. The van der Waals surface area contributed by atoms with Crippen LogP contribution in [0.5, 0.6) is 5.75 Å². The van der Waals surface area contributed by atoms with Crippen LogP contribution in [0, 0.1) is 5.41 Å². The van der Waals surface area contributed by atoms with Crippen LogP contribution in [0.2, 0.25) is 0 Å². The van der Waals surface area contributed by atoms with E-state index < -0.39 is 10.1 Å². The number of methoxy groups -OCH3 is 1.